The lowest BCUT2D eigenvalue weighted by molar-refractivity contribution is -0.145. The Balaban J connectivity index is 2.37. The summed E-state index contributed by atoms with van der Waals surface area (Å²) in [6.45, 7) is 7.87. The zero-order chi connectivity index (χ0) is 15.9. The second-order valence-electron chi connectivity index (χ2n) is 6.41. The molecule has 0 aromatic heterocycles. The molecule has 0 bridgehead atoms. The molecule has 2 N–H and O–H groups in total. The van der Waals surface area contributed by atoms with Gasteiger partial charge in [0, 0.05) is 12.6 Å². The van der Waals surface area contributed by atoms with E-state index in [1.54, 1.807) is 0 Å². The topological polar surface area (TPSA) is 55.8 Å². The van der Waals surface area contributed by atoms with Crippen LogP contribution in [-0.2, 0) is 4.79 Å². The largest absolute Gasteiger partial charge is 0.480 e. The number of rotatable bonds is 10. The van der Waals surface area contributed by atoms with E-state index in [1.165, 1.54) is 19.4 Å². The third-order valence-electron chi connectivity index (χ3n) is 4.87. The molecule has 124 valence electrons. The first-order valence-electron chi connectivity index (χ1n) is 8.32. The van der Waals surface area contributed by atoms with Crippen LogP contribution in [-0.4, -0.2) is 72.7 Å². The minimum atomic E-state index is -0.750. The summed E-state index contributed by atoms with van der Waals surface area (Å²) in [5.74, 6) is -0.718. The van der Waals surface area contributed by atoms with Gasteiger partial charge in [0.05, 0.1) is 0 Å². The van der Waals surface area contributed by atoms with Crippen LogP contribution in [0.3, 0.4) is 0 Å². The Bertz CT molecular complexity index is 325. The number of carboxylic acid groups (broad SMARTS) is 1. The van der Waals surface area contributed by atoms with Crippen LogP contribution in [0.25, 0.3) is 0 Å². The minimum absolute atomic E-state index is 0.630. The molecule has 0 radical (unpaired) electrons. The molecule has 5 nitrogen and oxygen atoms in total. The Kier molecular flexibility index (Phi) is 7.63. The van der Waals surface area contributed by atoms with Crippen molar-refractivity contribution in [1.82, 2.24) is 15.1 Å². The van der Waals surface area contributed by atoms with E-state index in [0.717, 1.165) is 19.5 Å². The fraction of sp³-hybridized carbons (Fsp3) is 0.938. The molecule has 0 aromatic carbocycles. The van der Waals surface area contributed by atoms with E-state index in [1.807, 2.05) is 13.8 Å². The van der Waals surface area contributed by atoms with Crippen molar-refractivity contribution in [3.05, 3.63) is 0 Å². The molecule has 2 unspecified atom stereocenters. The predicted octanol–water partition coefficient (Wildman–Crippen LogP) is 1.64. The summed E-state index contributed by atoms with van der Waals surface area (Å²) in [6, 6.07) is 0.666. The first-order valence-corrected chi connectivity index (χ1v) is 8.32. The zero-order valence-corrected chi connectivity index (χ0v) is 14.2. The van der Waals surface area contributed by atoms with Gasteiger partial charge in [-0.1, -0.05) is 13.8 Å². The van der Waals surface area contributed by atoms with E-state index in [2.05, 4.69) is 29.2 Å². The highest BCUT2D eigenvalue weighted by Crippen LogP contribution is 2.19. The maximum absolute atomic E-state index is 11.6. The maximum atomic E-state index is 11.6. The lowest BCUT2D eigenvalue weighted by Gasteiger charge is -2.31. The van der Waals surface area contributed by atoms with Crippen LogP contribution in [0.15, 0.2) is 0 Å². The van der Waals surface area contributed by atoms with E-state index in [0.29, 0.717) is 25.4 Å². The second-order valence-corrected chi connectivity index (χ2v) is 6.41. The molecule has 1 saturated heterocycles. The molecule has 0 aromatic rings. The van der Waals surface area contributed by atoms with Gasteiger partial charge in [0.25, 0.3) is 0 Å². The molecule has 1 fully saturated rings. The summed E-state index contributed by atoms with van der Waals surface area (Å²) >= 11 is 0. The molecular weight excluding hydrogens is 266 g/mol. The Morgan fingerprint density at radius 2 is 2.19 bits per heavy atom. The highest BCUT2D eigenvalue weighted by molar-refractivity contribution is 5.78. The van der Waals surface area contributed by atoms with Crippen molar-refractivity contribution in [2.45, 2.75) is 57.5 Å². The van der Waals surface area contributed by atoms with Crippen LogP contribution in [0.4, 0.5) is 0 Å². The van der Waals surface area contributed by atoms with Gasteiger partial charge in [-0.3, -0.25) is 4.79 Å². The van der Waals surface area contributed by atoms with Gasteiger partial charge in [-0.05, 0) is 65.8 Å². The van der Waals surface area contributed by atoms with Crippen LogP contribution < -0.4 is 5.32 Å². The number of carboxylic acids is 1. The Morgan fingerprint density at radius 3 is 2.67 bits per heavy atom. The highest BCUT2D eigenvalue weighted by atomic mass is 16.4. The van der Waals surface area contributed by atoms with Crippen LogP contribution in [0.2, 0.25) is 0 Å². The number of aliphatic carboxylic acids is 1. The van der Waals surface area contributed by atoms with E-state index in [9.17, 15) is 9.90 Å². The van der Waals surface area contributed by atoms with Crippen molar-refractivity contribution >= 4 is 5.97 Å². The van der Waals surface area contributed by atoms with Gasteiger partial charge >= 0.3 is 5.97 Å². The van der Waals surface area contributed by atoms with Crippen LogP contribution in [0.5, 0.6) is 0 Å². The number of likely N-dealkylation sites (N-methyl/N-ethyl adjacent to an activating group) is 3. The number of carbonyl (C=O) groups is 1. The lowest BCUT2D eigenvalue weighted by atomic mass is 9.90. The van der Waals surface area contributed by atoms with Gasteiger partial charge in [0.1, 0.15) is 5.54 Å². The quantitative estimate of drug-likeness (QED) is 0.642. The number of nitrogens with one attached hydrogen (secondary N) is 1. The fourth-order valence-electron chi connectivity index (χ4n) is 3.37. The summed E-state index contributed by atoms with van der Waals surface area (Å²) in [7, 11) is 4.34. The average Bonchev–Trinajstić information content (AvgIpc) is 2.83. The molecule has 0 aliphatic carbocycles. The van der Waals surface area contributed by atoms with Crippen molar-refractivity contribution in [1.29, 1.82) is 0 Å². The summed E-state index contributed by atoms with van der Waals surface area (Å²) < 4.78 is 0. The average molecular weight is 299 g/mol. The SMILES string of the molecule is CCNC(CC)(CCCN(C)CC1CCCN1C)C(=O)O. The lowest BCUT2D eigenvalue weighted by Crippen LogP contribution is -2.52. The van der Waals surface area contributed by atoms with E-state index in [-0.39, 0.29) is 0 Å². The smallest absolute Gasteiger partial charge is 0.323 e. The number of likely N-dealkylation sites (tertiary alicyclic amines) is 1. The number of nitrogens with zero attached hydrogens (tertiary/aromatic N) is 2. The van der Waals surface area contributed by atoms with Crippen LogP contribution in [0.1, 0.15) is 46.0 Å². The third-order valence-corrected chi connectivity index (χ3v) is 4.87. The standard InChI is InChI=1S/C16H33N3O2/c1-5-16(15(20)21,17-6-2)10-8-11-18(3)13-14-9-7-12-19(14)4/h14,17H,5-13H2,1-4H3,(H,20,21). The van der Waals surface area contributed by atoms with Crippen LogP contribution >= 0.6 is 0 Å². The molecule has 5 heteroatoms. The van der Waals surface area contributed by atoms with Gasteiger partial charge < -0.3 is 20.2 Å². The molecule has 1 heterocycles. The minimum Gasteiger partial charge on any atom is -0.480 e. The van der Waals surface area contributed by atoms with E-state index >= 15 is 0 Å². The molecule has 2 atom stereocenters. The maximum Gasteiger partial charge on any atom is 0.323 e. The Labute approximate surface area is 129 Å². The molecule has 1 aliphatic heterocycles. The van der Waals surface area contributed by atoms with Crippen molar-refractivity contribution in [3.8, 4) is 0 Å². The first-order chi connectivity index (χ1) is 9.95. The molecule has 0 spiro atoms. The zero-order valence-electron chi connectivity index (χ0n) is 14.2. The van der Waals surface area contributed by atoms with Gasteiger partial charge in [0.15, 0.2) is 0 Å². The van der Waals surface area contributed by atoms with Crippen LogP contribution in [0, 0.1) is 0 Å². The van der Waals surface area contributed by atoms with Crippen molar-refractivity contribution in [3.63, 3.8) is 0 Å². The van der Waals surface area contributed by atoms with Gasteiger partial charge in [-0.15, -0.1) is 0 Å². The molecule has 21 heavy (non-hydrogen) atoms. The van der Waals surface area contributed by atoms with Gasteiger partial charge in [0.2, 0.25) is 0 Å². The molecule has 1 rings (SSSR count). The summed E-state index contributed by atoms with van der Waals surface area (Å²) in [6.07, 6.45) is 4.82. The molecule has 0 saturated carbocycles. The molecule has 1 aliphatic rings. The third kappa shape index (κ3) is 5.24. The molecular formula is C16H33N3O2. The Morgan fingerprint density at radius 1 is 1.48 bits per heavy atom. The summed E-state index contributed by atoms with van der Waals surface area (Å²) in [5, 5.41) is 12.7. The first kappa shape index (κ1) is 18.4. The monoisotopic (exact) mass is 299 g/mol. The number of hydrogen-bond donors (Lipinski definition) is 2. The number of hydrogen-bond acceptors (Lipinski definition) is 4. The van der Waals surface area contributed by atoms with Crippen molar-refractivity contribution in [2.24, 2.45) is 0 Å². The van der Waals surface area contributed by atoms with Crippen molar-refractivity contribution < 1.29 is 9.90 Å². The summed E-state index contributed by atoms with van der Waals surface area (Å²) in [5.41, 5.74) is -0.750. The Hall–Kier alpha value is -0.650. The van der Waals surface area contributed by atoms with Gasteiger partial charge in [-0.2, -0.15) is 0 Å². The van der Waals surface area contributed by atoms with Gasteiger partial charge in [-0.25, -0.2) is 0 Å². The molecule has 0 amide bonds. The van der Waals surface area contributed by atoms with E-state index < -0.39 is 11.5 Å². The second kappa shape index (κ2) is 8.71. The highest BCUT2D eigenvalue weighted by Gasteiger charge is 2.35. The van der Waals surface area contributed by atoms with E-state index in [4.69, 9.17) is 0 Å². The normalized spacial score (nSPS) is 22.6. The summed E-state index contributed by atoms with van der Waals surface area (Å²) in [4.78, 5) is 16.3. The fourth-order valence-corrected chi connectivity index (χ4v) is 3.37. The van der Waals surface area contributed by atoms with Crippen molar-refractivity contribution in [2.75, 3.05) is 40.3 Å². The predicted molar refractivity (Wildman–Crippen MR) is 86.7 cm³/mol.